The molecule has 1 aromatic heterocycles. The van der Waals surface area contributed by atoms with E-state index >= 15 is 0 Å². The van der Waals surface area contributed by atoms with Gasteiger partial charge in [-0.05, 0) is 56.5 Å². The largest absolute Gasteiger partial charge is 0.338 e. The maximum Gasteiger partial charge on any atom is 0.243 e. The second-order valence-electron chi connectivity index (χ2n) is 9.14. The average Bonchev–Trinajstić information content (AvgIpc) is 3.30. The number of hydrogen-bond donors (Lipinski definition) is 2. The maximum absolute atomic E-state index is 13.5. The number of benzene rings is 3. The molecule has 0 radical (unpaired) electrons. The quantitative estimate of drug-likeness (QED) is 0.418. The van der Waals surface area contributed by atoms with Crippen molar-refractivity contribution >= 4 is 32.7 Å². The van der Waals surface area contributed by atoms with Gasteiger partial charge in [-0.25, -0.2) is 13.4 Å². The zero-order valence-corrected chi connectivity index (χ0v) is 20.6. The summed E-state index contributed by atoms with van der Waals surface area (Å²) < 4.78 is 28.4. The van der Waals surface area contributed by atoms with Crippen molar-refractivity contribution in [1.82, 2.24) is 14.3 Å². The van der Waals surface area contributed by atoms with Gasteiger partial charge in [-0.2, -0.15) is 4.31 Å². The van der Waals surface area contributed by atoms with Gasteiger partial charge in [0, 0.05) is 24.3 Å². The molecule has 0 saturated carbocycles. The first-order valence-corrected chi connectivity index (χ1v) is 13.2. The second-order valence-corrected chi connectivity index (χ2v) is 11.1. The van der Waals surface area contributed by atoms with Crippen LogP contribution in [0, 0.1) is 19.8 Å². The molecule has 4 aromatic rings. The number of amides is 1. The molecular weight excluding hydrogens is 460 g/mol. The third kappa shape index (κ3) is 4.72. The van der Waals surface area contributed by atoms with Crippen LogP contribution in [0.3, 0.4) is 0 Å². The monoisotopic (exact) mass is 488 g/mol. The van der Waals surface area contributed by atoms with Gasteiger partial charge in [0.1, 0.15) is 5.82 Å². The second kappa shape index (κ2) is 9.28. The number of H-pyrrole nitrogens is 1. The molecule has 35 heavy (non-hydrogen) atoms. The van der Waals surface area contributed by atoms with E-state index in [2.05, 4.69) is 15.3 Å². The summed E-state index contributed by atoms with van der Waals surface area (Å²) in [5.41, 5.74) is 5.17. The normalized spacial score (nSPS) is 16.9. The number of carbonyl (C=O) groups is 1. The van der Waals surface area contributed by atoms with Gasteiger partial charge in [-0.3, -0.25) is 4.79 Å². The molecule has 1 amide bonds. The molecule has 3 aromatic carbocycles. The number of aryl methyl sites for hydroxylation is 2. The molecule has 1 fully saturated rings. The van der Waals surface area contributed by atoms with Crippen LogP contribution >= 0.6 is 0 Å². The number of piperidine rings is 1. The zero-order valence-electron chi connectivity index (χ0n) is 19.8. The number of fused-ring (bicyclic) bond motifs is 1. The Hall–Kier alpha value is -3.49. The number of nitrogens with one attached hydrogen (secondary N) is 2. The number of sulfonamides is 1. The van der Waals surface area contributed by atoms with Gasteiger partial charge in [0.15, 0.2) is 0 Å². The number of anilines is 1. The van der Waals surface area contributed by atoms with E-state index in [0.717, 1.165) is 22.4 Å². The molecule has 0 unspecified atom stereocenters. The summed E-state index contributed by atoms with van der Waals surface area (Å²) in [7, 11) is -3.76. The Bertz CT molecular complexity index is 1500. The van der Waals surface area contributed by atoms with E-state index in [1.807, 2.05) is 62.4 Å². The third-order valence-corrected chi connectivity index (χ3v) is 8.39. The molecule has 0 aliphatic carbocycles. The van der Waals surface area contributed by atoms with Crippen molar-refractivity contribution < 1.29 is 13.2 Å². The van der Waals surface area contributed by atoms with Crippen LogP contribution in [0.2, 0.25) is 0 Å². The number of hydrogen-bond acceptors (Lipinski definition) is 4. The molecular formula is C27H28N4O3S. The van der Waals surface area contributed by atoms with Crippen LogP contribution in [0.15, 0.2) is 71.6 Å². The highest BCUT2D eigenvalue weighted by atomic mass is 32.2. The molecule has 5 rings (SSSR count). The number of aromatic amines is 1. The highest BCUT2D eigenvalue weighted by molar-refractivity contribution is 7.89. The zero-order chi connectivity index (χ0) is 24.6. The van der Waals surface area contributed by atoms with E-state index in [-0.39, 0.29) is 17.3 Å². The Morgan fingerprint density at radius 2 is 1.86 bits per heavy atom. The van der Waals surface area contributed by atoms with Crippen LogP contribution in [0.5, 0.6) is 0 Å². The van der Waals surface area contributed by atoms with Gasteiger partial charge in [-0.15, -0.1) is 0 Å². The summed E-state index contributed by atoms with van der Waals surface area (Å²) >= 11 is 0. The number of carbonyl (C=O) groups excluding carboxylic acids is 1. The Morgan fingerprint density at radius 3 is 2.63 bits per heavy atom. The predicted octanol–water partition coefficient (Wildman–Crippen LogP) is 4.89. The summed E-state index contributed by atoms with van der Waals surface area (Å²) in [4.78, 5) is 21.0. The molecule has 1 aliphatic rings. The standard InChI is InChI=1S/C27H28N4O3S/c1-18-10-12-23(19(2)15-18)30-27(32)21-9-6-14-31(17-21)35(33,34)22-11-13-24-25(16-22)29-26(28-24)20-7-4-3-5-8-20/h3-5,7-8,10-13,15-16,21H,6,9,14,17H2,1-2H3,(H,28,29)(H,30,32)/t21-/m0/s1. The molecule has 2 N–H and O–H groups in total. The summed E-state index contributed by atoms with van der Waals surface area (Å²) in [6.45, 7) is 4.52. The lowest BCUT2D eigenvalue weighted by molar-refractivity contribution is -0.120. The van der Waals surface area contributed by atoms with Gasteiger partial charge < -0.3 is 10.3 Å². The molecule has 1 aliphatic heterocycles. The van der Waals surface area contributed by atoms with E-state index in [4.69, 9.17) is 0 Å². The summed E-state index contributed by atoms with van der Waals surface area (Å²) in [6, 6.07) is 20.5. The number of nitrogens with zero attached hydrogens (tertiary/aromatic N) is 2. The first kappa shape index (κ1) is 23.3. The summed E-state index contributed by atoms with van der Waals surface area (Å²) in [6.07, 6.45) is 1.29. The Morgan fingerprint density at radius 1 is 1.06 bits per heavy atom. The van der Waals surface area contributed by atoms with Crippen molar-refractivity contribution in [1.29, 1.82) is 0 Å². The first-order chi connectivity index (χ1) is 16.8. The van der Waals surface area contributed by atoms with Crippen molar-refractivity contribution in [2.45, 2.75) is 31.6 Å². The minimum atomic E-state index is -3.76. The lowest BCUT2D eigenvalue weighted by atomic mass is 9.98. The summed E-state index contributed by atoms with van der Waals surface area (Å²) in [5.74, 6) is 0.143. The van der Waals surface area contributed by atoms with E-state index in [1.165, 1.54) is 4.31 Å². The lowest BCUT2D eigenvalue weighted by Gasteiger charge is -2.31. The molecule has 7 nitrogen and oxygen atoms in total. The first-order valence-electron chi connectivity index (χ1n) is 11.7. The highest BCUT2D eigenvalue weighted by Crippen LogP contribution is 2.28. The average molecular weight is 489 g/mol. The lowest BCUT2D eigenvalue weighted by Crippen LogP contribution is -2.43. The van der Waals surface area contributed by atoms with Crippen molar-refractivity contribution in [3.63, 3.8) is 0 Å². The molecule has 0 spiro atoms. The SMILES string of the molecule is Cc1ccc(NC(=O)[C@H]2CCCN(S(=O)(=O)c3ccc4nc(-c5ccccc5)[nH]c4c3)C2)c(C)c1. The maximum atomic E-state index is 13.5. The fourth-order valence-electron chi connectivity index (χ4n) is 4.59. The fraction of sp³-hybridized carbons (Fsp3) is 0.259. The number of imidazole rings is 1. The van der Waals surface area contributed by atoms with E-state index in [1.54, 1.807) is 18.2 Å². The van der Waals surface area contributed by atoms with Crippen LogP contribution in [-0.4, -0.2) is 41.7 Å². The molecule has 8 heteroatoms. The van der Waals surface area contributed by atoms with Crippen molar-refractivity contribution in [2.24, 2.45) is 5.92 Å². The highest BCUT2D eigenvalue weighted by Gasteiger charge is 2.33. The van der Waals surface area contributed by atoms with Crippen molar-refractivity contribution in [3.8, 4) is 11.4 Å². The minimum absolute atomic E-state index is 0.145. The smallest absolute Gasteiger partial charge is 0.243 e. The molecule has 180 valence electrons. The Kier molecular flexibility index (Phi) is 6.17. The predicted molar refractivity (Wildman–Crippen MR) is 138 cm³/mol. The van der Waals surface area contributed by atoms with Gasteiger partial charge >= 0.3 is 0 Å². The molecule has 1 saturated heterocycles. The van der Waals surface area contributed by atoms with Crippen LogP contribution in [-0.2, 0) is 14.8 Å². The van der Waals surface area contributed by atoms with Crippen molar-refractivity contribution in [2.75, 3.05) is 18.4 Å². The Balaban J connectivity index is 1.35. The fourth-order valence-corrected chi connectivity index (χ4v) is 6.14. The van der Waals surface area contributed by atoms with Crippen LogP contribution < -0.4 is 5.32 Å². The van der Waals surface area contributed by atoms with E-state index < -0.39 is 15.9 Å². The van der Waals surface area contributed by atoms with Gasteiger partial charge in [0.05, 0.1) is 21.8 Å². The molecule has 0 bridgehead atoms. The summed E-state index contributed by atoms with van der Waals surface area (Å²) in [5, 5.41) is 2.99. The number of rotatable bonds is 5. The molecule has 1 atom stereocenters. The van der Waals surface area contributed by atoms with Crippen molar-refractivity contribution in [3.05, 3.63) is 77.9 Å². The van der Waals surface area contributed by atoms with Gasteiger partial charge in [-0.1, -0.05) is 48.0 Å². The topological polar surface area (TPSA) is 95.2 Å². The van der Waals surface area contributed by atoms with Gasteiger partial charge in [0.2, 0.25) is 15.9 Å². The number of aromatic nitrogens is 2. The van der Waals surface area contributed by atoms with E-state index in [0.29, 0.717) is 36.2 Å². The Labute approximate surface area is 205 Å². The minimum Gasteiger partial charge on any atom is -0.338 e. The van der Waals surface area contributed by atoms with Crippen LogP contribution in [0.4, 0.5) is 5.69 Å². The molecule has 2 heterocycles. The third-order valence-electron chi connectivity index (χ3n) is 6.53. The van der Waals surface area contributed by atoms with E-state index in [9.17, 15) is 13.2 Å². The van der Waals surface area contributed by atoms with Gasteiger partial charge in [0.25, 0.3) is 0 Å². The van der Waals surface area contributed by atoms with Crippen LogP contribution in [0.25, 0.3) is 22.4 Å². The van der Waals surface area contributed by atoms with Crippen LogP contribution in [0.1, 0.15) is 24.0 Å².